The molecule has 2 aliphatic carbocycles. The monoisotopic (exact) mass is 434 g/mol. The van der Waals surface area contributed by atoms with Crippen LogP contribution in [-0.2, 0) is 22.4 Å². The predicted octanol–water partition coefficient (Wildman–Crippen LogP) is 5.28. The molecule has 1 aromatic heterocycles. The van der Waals surface area contributed by atoms with Gasteiger partial charge in [-0.3, -0.25) is 9.59 Å². The SMILES string of the molecule is CC1=C(C)C[C@@H](C(=O)O)[C@@H](C(=O)Nc2sc3c(c2C#N)CC[C@H](c2ccccc2)C3)C1. The summed E-state index contributed by atoms with van der Waals surface area (Å²) in [5.74, 6) is -2.18. The lowest BCUT2D eigenvalue weighted by molar-refractivity contribution is -0.146. The molecule has 2 aromatic rings. The van der Waals surface area contributed by atoms with Crippen molar-refractivity contribution in [3.63, 3.8) is 0 Å². The average molecular weight is 435 g/mol. The normalized spacial score (nSPS) is 23.1. The summed E-state index contributed by atoms with van der Waals surface area (Å²) in [4.78, 5) is 26.0. The van der Waals surface area contributed by atoms with Crippen LogP contribution in [0.4, 0.5) is 5.00 Å². The Balaban J connectivity index is 1.57. The van der Waals surface area contributed by atoms with E-state index in [-0.39, 0.29) is 5.91 Å². The summed E-state index contributed by atoms with van der Waals surface area (Å²) in [6, 6.07) is 12.7. The highest BCUT2D eigenvalue weighted by molar-refractivity contribution is 7.16. The van der Waals surface area contributed by atoms with Gasteiger partial charge in [0.2, 0.25) is 5.91 Å². The second-order valence-electron chi connectivity index (χ2n) is 8.68. The molecule has 2 N–H and O–H groups in total. The second kappa shape index (κ2) is 8.68. The minimum Gasteiger partial charge on any atom is -0.481 e. The average Bonchev–Trinajstić information content (AvgIpc) is 3.11. The van der Waals surface area contributed by atoms with Crippen molar-refractivity contribution in [3.05, 3.63) is 63.0 Å². The first kappa shape index (κ1) is 21.3. The number of nitriles is 1. The van der Waals surface area contributed by atoms with Crippen LogP contribution < -0.4 is 5.32 Å². The van der Waals surface area contributed by atoms with E-state index >= 15 is 0 Å². The number of nitrogens with one attached hydrogen (secondary N) is 1. The number of amides is 1. The number of carbonyl (C=O) groups is 2. The molecule has 3 atom stereocenters. The van der Waals surface area contributed by atoms with Crippen LogP contribution in [0.15, 0.2) is 41.5 Å². The van der Waals surface area contributed by atoms with Gasteiger partial charge in [-0.05, 0) is 63.0 Å². The van der Waals surface area contributed by atoms with E-state index in [1.165, 1.54) is 16.9 Å². The molecule has 0 unspecified atom stereocenters. The van der Waals surface area contributed by atoms with Crippen LogP contribution in [0.25, 0.3) is 0 Å². The number of benzene rings is 1. The van der Waals surface area contributed by atoms with Gasteiger partial charge in [0.15, 0.2) is 0 Å². The molecular weight excluding hydrogens is 408 g/mol. The van der Waals surface area contributed by atoms with Gasteiger partial charge in [0, 0.05) is 4.88 Å². The van der Waals surface area contributed by atoms with Crippen molar-refractivity contribution in [2.24, 2.45) is 11.8 Å². The van der Waals surface area contributed by atoms with E-state index in [0.717, 1.165) is 40.8 Å². The topological polar surface area (TPSA) is 90.2 Å². The number of allylic oxidation sites excluding steroid dienone is 2. The molecule has 2 aliphatic rings. The maximum Gasteiger partial charge on any atom is 0.307 e. The minimum atomic E-state index is -0.941. The number of hydrogen-bond donors (Lipinski definition) is 2. The first-order valence-corrected chi connectivity index (χ1v) is 11.5. The highest BCUT2D eigenvalue weighted by atomic mass is 32.1. The van der Waals surface area contributed by atoms with Crippen LogP contribution in [0.3, 0.4) is 0 Å². The molecule has 160 valence electrons. The third-order valence-corrected chi connectivity index (χ3v) is 7.97. The fourth-order valence-electron chi connectivity index (χ4n) is 4.83. The molecular formula is C25H26N2O3S. The lowest BCUT2D eigenvalue weighted by atomic mass is 9.76. The molecule has 0 saturated heterocycles. The van der Waals surface area contributed by atoms with E-state index < -0.39 is 17.8 Å². The Morgan fingerprint density at radius 2 is 1.77 bits per heavy atom. The Labute approximate surface area is 186 Å². The number of anilines is 1. The van der Waals surface area contributed by atoms with Crippen molar-refractivity contribution in [2.45, 2.75) is 51.9 Å². The summed E-state index contributed by atoms with van der Waals surface area (Å²) in [6.07, 6.45) is 3.48. The number of fused-ring (bicyclic) bond motifs is 1. The standard InChI is InChI=1S/C25H26N2O3S/c1-14-10-19(20(25(29)30)11-15(14)2)23(28)27-24-21(13-26)18-9-8-17(12-22(18)31-24)16-6-4-3-5-7-16/h3-7,17,19-20H,8-12H2,1-2H3,(H,27,28)(H,29,30)/t17-,19-,20+/m0/s1. The lowest BCUT2D eigenvalue weighted by Gasteiger charge is -2.29. The summed E-state index contributed by atoms with van der Waals surface area (Å²) in [5.41, 5.74) is 5.02. The first-order valence-electron chi connectivity index (χ1n) is 10.7. The summed E-state index contributed by atoms with van der Waals surface area (Å²) >= 11 is 1.47. The molecule has 1 aromatic carbocycles. The van der Waals surface area contributed by atoms with Crippen molar-refractivity contribution in [1.29, 1.82) is 5.26 Å². The number of carbonyl (C=O) groups excluding carboxylic acids is 1. The van der Waals surface area contributed by atoms with E-state index in [1.54, 1.807) is 0 Å². The lowest BCUT2D eigenvalue weighted by Crippen LogP contribution is -2.36. The summed E-state index contributed by atoms with van der Waals surface area (Å²) in [5, 5.41) is 22.9. The maximum atomic E-state index is 13.1. The van der Waals surface area contributed by atoms with Gasteiger partial charge in [0.25, 0.3) is 0 Å². The number of carboxylic acids is 1. The smallest absolute Gasteiger partial charge is 0.307 e. The molecule has 0 spiro atoms. The number of nitrogens with zero attached hydrogens (tertiary/aromatic N) is 1. The maximum absolute atomic E-state index is 13.1. The Morgan fingerprint density at radius 3 is 2.42 bits per heavy atom. The van der Waals surface area contributed by atoms with Gasteiger partial charge in [0.05, 0.1) is 17.4 Å². The zero-order valence-corrected chi connectivity index (χ0v) is 18.6. The molecule has 1 heterocycles. The Kier molecular flexibility index (Phi) is 5.97. The van der Waals surface area contributed by atoms with Crippen LogP contribution >= 0.6 is 11.3 Å². The van der Waals surface area contributed by atoms with Crippen LogP contribution in [0.2, 0.25) is 0 Å². The quantitative estimate of drug-likeness (QED) is 0.641. The van der Waals surface area contributed by atoms with E-state index in [0.29, 0.717) is 29.3 Å². The zero-order valence-electron chi connectivity index (χ0n) is 17.8. The minimum absolute atomic E-state index is 0.297. The van der Waals surface area contributed by atoms with Crippen molar-refractivity contribution in [3.8, 4) is 6.07 Å². The van der Waals surface area contributed by atoms with Gasteiger partial charge < -0.3 is 10.4 Å². The molecule has 0 aliphatic heterocycles. The second-order valence-corrected chi connectivity index (χ2v) is 9.78. The molecule has 5 nitrogen and oxygen atoms in total. The van der Waals surface area contributed by atoms with Crippen molar-refractivity contribution in [2.75, 3.05) is 5.32 Å². The van der Waals surface area contributed by atoms with Gasteiger partial charge in [-0.1, -0.05) is 41.5 Å². The van der Waals surface area contributed by atoms with Crippen molar-refractivity contribution < 1.29 is 14.7 Å². The number of carboxylic acid groups (broad SMARTS) is 1. The number of thiophene rings is 1. The van der Waals surface area contributed by atoms with Gasteiger partial charge >= 0.3 is 5.97 Å². The first-order chi connectivity index (χ1) is 14.9. The van der Waals surface area contributed by atoms with Crippen LogP contribution in [0.1, 0.15) is 60.6 Å². The Morgan fingerprint density at radius 1 is 1.10 bits per heavy atom. The van der Waals surface area contributed by atoms with Gasteiger partial charge in [-0.25, -0.2) is 0 Å². The molecule has 6 heteroatoms. The van der Waals surface area contributed by atoms with Gasteiger partial charge in [0.1, 0.15) is 11.1 Å². The van der Waals surface area contributed by atoms with E-state index in [1.807, 2.05) is 32.0 Å². The van der Waals surface area contributed by atoms with Gasteiger partial charge in [-0.15, -0.1) is 11.3 Å². The fraction of sp³-hybridized carbons (Fsp3) is 0.400. The van der Waals surface area contributed by atoms with Crippen molar-refractivity contribution in [1.82, 2.24) is 0 Å². The molecule has 0 saturated carbocycles. The van der Waals surface area contributed by atoms with Crippen molar-refractivity contribution >= 4 is 28.2 Å². The fourth-order valence-corrected chi connectivity index (χ4v) is 6.11. The number of hydrogen-bond acceptors (Lipinski definition) is 4. The van der Waals surface area contributed by atoms with E-state index in [4.69, 9.17) is 0 Å². The van der Waals surface area contributed by atoms with Crippen LogP contribution in [0, 0.1) is 23.2 Å². The highest BCUT2D eigenvalue weighted by Crippen LogP contribution is 2.43. The molecule has 0 radical (unpaired) electrons. The Hall–Kier alpha value is -2.91. The summed E-state index contributed by atoms with van der Waals surface area (Å²) < 4.78 is 0. The summed E-state index contributed by atoms with van der Waals surface area (Å²) in [7, 11) is 0. The zero-order chi connectivity index (χ0) is 22.1. The van der Waals surface area contributed by atoms with Crippen LogP contribution in [0.5, 0.6) is 0 Å². The number of rotatable bonds is 4. The predicted molar refractivity (Wildman–Crippen MR) is 121 cm³/mol. The third-order valence-electron chi connectivity index (χ3n) is 6.81. The molecule has 0 bridgehead atoms. The Bertz CT molecular complexity index is 1090. The van der Waals surface area contributed by atoms with Crippen LogP contribution in [-0.4, -0.2) is 17.0 Å². The molecule has 4 rings (SSSR count). The molecule has 1 amide bonds. The van der Waals surface area contributed by atoms with E-state index in [2.05, 4.69) is 23.5 Å². The highest BCUT2D eigenvalue weighted by Gasteiger charge is 2.38. The van der Waals surface area contributed by atoms with E-state index in [9.17, 15) is 20.0 Å². The largest absolute Gasteiger partial charge is 0.481 e. The third kappa shape index (κ3) is 4.15. The number of aliphatic carboxylic acids is 1. The van der Waals surface area contributed by atoms with Gasteiger partial charge in [-0.2, -0.15) is 5.26 Å². The molecule has 31 heavy (non-hydrogen) atoms. The summed E-state index contributed by atoms with van der Waals surface area (Å²) in [6.45, 7) is 3.89. The molecule has 0 fully saturated rings.